The maximum Gasteiger partial charge on any atom is 0.247 e. The Morgan fingerprint density at radius 1 is 1.05 bits per heavy atom. The number of nitrogens with one attached hydrogen (secondary N) is 1. The third-order valence-corrected chi connectivity index (χ3v) is 6.41. The van der Waals surface area contributed by atoms with Crippen LogP contribution in [-0.4, -0.2) is 42.4 Å². The lowest BCUT2D eigenvalue weighted by atomic mass is 9.98. The van der Waals surface area contributed by atoms with Crippen molar-refractivity contribution in [3.05, 3.63) is 89.7 Å². The average molecular weight is 504 g/mol. The molecule has 0 saturated carbocycles. The van der Waals surface area contributed by atoms with Crippen molar-refractivity contribution >= 4 is 22.8 Å². The minimum absolute atomic E-state index is 0.0438. The van der Waals surface area contributed by atoms with Crippen molar-refractivity contribution in [2.24, 2.45) is 0 Å². The summed E-state index contributed by atoms with van der Waals surface area (Å²) in [5.41, 5.74) is 2.01. The van der Waals surface area contributed by atoms with Crippen LogP contribution in [0.4, 0.5) is 4.39 Å². The van der Waals surface area contributed by atoms with Crippen LogP contribution >= 0.6 is 0 Å². The molecule has 9 heteroatoms. The van der Waals surface area contributed by atoms with Gasteiger partial charge in [-0.3, -0.25) is 9.59 Å². The Morgan fingerprint density at radius 3 is 2.41 bits per heavy atom. The number of rotatable bonds is 9. The molecule has 0 aliphatic carbocycles. The molecule has 2 amide bonds. The van der Waals surface area contributed by atoms with Crippen LogP contribution in [-0.2, 0) is 22.7 Å². The Morgan fingerprint density at radius 2 is 1.73 bits per heavy atom. The van der Waals surface area contributed by atoms with E-state index in [2.05, 4.69) is 15.6 Å². The first-order valence-electron chi connectivity index (χ1n) is 12.1. The highest BCUT2D eigenvalue weighted by Crippen LogP contribution is 2.27. The molecule has 37 heavy (non-hydrogen) atoms. The third kappa shape index (κ3) is 6.11. The second kappa shape index (κ2) is 10.8. The second-order valence-corrected chi connectivity index (χ2v) is 9.60. The van der Waals surface area contributed by atoms with Gasteiger partial charge in [-0.1, -0.05) is 48.5 Å². The van der Waals surface area contributed by atoms with Crippen LogP contribution in [0.15, 0.2) is 72.8 Å². The van der Waals surface area contributed by atoms with E-state index < -0.39 is 17.4 Å². The van der Waals surface area contributed by atoms with Crippen molar-refractivity contribution in [3.63, 3.8) is 0 Å². The number of carbonyl (C=O) groups excluding carboxylic acids is 2. The number of benzene rings is 3. The van der Waals surface area contributed by atoms with Gasteiger partial charge in [0, 0.05) is 12.1 Å². The van der Waals surface area contributed by atoms with Gasteiger partial charge >= 0.3 is 0 Å². The van der Waals surface area contributed by atoms with E-state index in [4.69, 9.17) is 0 Å². The van der Waals surface area contributed by atoms with Gasteiger partial charge in [0.1, 0.15) is 29.7 Å². The van der Waals surface area contributed by atoms with Gasteiger partial charge in [-0.2, -0.15) is 0 Å². The Labute approximate surface area is 214 Å². The van der Waals surface area contributed by atoms with Crippen molar-refractivity contribution in [2.45, 2.75) is 51.9 Å². The lowest BCUT2D eigenvalue weighted by molar-refractivity contribution is -0.143. The number of hydrogen-bond acceptors (Lipinski definition) is 5. The number of fused-ring (bicyclic) bond motifs is 1. The number of amides is 2. The fourth-order valence-corrected chi connectivity index (χ4v) is 3.98. The summed E-state index contributed by atoms with van der Waals surface area (Å²) >= 11 is 0. The zero-order valence-electron chi connectivity index (χ0n) is 21.1. The summed E-state index contributed by atoms with van der Waals surface area (Å²) in [6.07, 6.45) is 0.678. The molecule has 192 valence electrons. The normalized spacial score (nSPS) is 12.3. The van der Waals surface area contributed by atoms with Crippen LogP contribution in [0.2, 0.25) is 0 Å². The monoisotopic (exact) mass is 503 g/mol. The lowest BCUT2D eigenvalue weighted by Crippen LogP contribution is -2.50. The molecule has 0 unspecified atom stereocenters. The topological polar surface area (TPSA) is 100 Å². The predicted molar refractivity (Wildman–Crippen MR) is 138 cm³/mol. The van der Waals surface area contributed by atoms with Crippen molar-refractivity contribution in [2.75, 3.05) is 0 Å². The number of aromatic nitrogens is 3. The fraction of sp³-hybridized carbons (Fsp3) is 0.286. The van der Waals surface area contributed by atoms with Gasteiger partial charge < -0.3 is 15.3 Å². The van der Waals surface area contributed by atoms with E-state index in [9.17, 15) is 19.1 Å². The van der Waals surface area contributed by atoms with E-state index >= 15 is 0 Å². The molecule has 2 N–H and O–H groups in total. The van der Waals surface area contributed by atoms with E-state index in [-0.39, 0.29) is 30.7 Å². The predicted octanol–water partition coefficient (Wildman–Crippen LogP) is 4.35. The number of nitrogens with zero attached hydrogens (tertiary/aromatic N) is 4. The number of aromatic hydroxyl groups is 1. The maximum atomic E-state index is 13.9. The first kappa shape index (κ1) is 25.8. The fourth-order valence-electron chi connectivity index (χ4n) is 3.98. The van der Waals surface area contributed by atoms with Crippen LogP contribution in [0.1, 0.15) is 44.4 Å². The zero-order valence-corrected chi connectivity index (χ0v) is 21.1. The van der Waals surface area contributed by atoms with E-state index in [0.717, 1.165) is 0 Å². The molecule has 4 aromatic rings. The van der Waals surface area contributed by atoms with Crippen molar-refractivity contribution in [1.82, 2.24) is 25.2 Å². The minimum atomic E-state index is -1.02. The van der Waals surface area contributed by atoms with Gasteiger partial charge in [-0.05, 0) is 67.8 Å². The summed E-state index contributed by atoms with van der Waals surface area (Å²) in [6, 6.07) is 18.3. The first-order valence-corrected chi connectivity index (χ1v) is 12.1. The molecule has 4 rings (SSSR count). The largest absolute Gasteiger partial charge is 0.508 e. The molecule has 1 heterocycles. The van der Waals surface area contributed by atoms with E-state index in [0.29, 0.717) is 28.6 Å². The number of phenols is 1. The molecule has 8 nitrogen and oxygen atoms in total. The highest BCUT2D eigenvalue weighted by molar-refractivity contribution is 5.89. The third-order valence-electron chi connectivity index (χ3n) is 6.41. The van der Waals surface area contributed by atoms with Crippen LogP contribution in [0.25, 0.3) is 11.0 Å². The number of carbonyl (C=O) groups is 2. The number of halogens is 1. The number of hydrogen-bond donors (Lipinski definition) is 2. The van der Waals surface area contributed by atoms with Crippen LogP contribution in [0.3, 0.4) is 0 Å². The second-order valence-electron chi connectivity index (χ2n) is 9.60. The molecule has 0 aliphatic heterocycles. The molecule has 0 fully saturated rings. The van der Waals surface area contributed by atoms with Gasteiger partial charge in [0.05, 0.1) is 5.52 Å². The van der Waals surface area contributed by atoms with Gasteiger partial charge in [0.15, 0.2) is 0 Å². The quantitative estimate of drug-likeness (QED) is 0.354. The molecule has 0 aliphatic rings. The molecular formula is C28H30FN5O3. The molecular weight excluding hydrogens is 473 g/mol. The van der Waals surface area contributed by atoms with Crippen molar-refractivity contribution in [1.29, 1.82) is 0 Å². The van der Waals surface area contributed by atoms with E-state index in [1.807, 2.05) is 39.0 Å². The van der Waals surface area contributed by atoms with E-state index in [1.54, 1.807) is 30.3 Å². The smallest absolute Gasteiger partial charge is 0.247 e. The standard InChI is InChI=1S/C28H30FN5O3/c1-4-28(2,3)30-27(37)26(20-11-15-22(35)16-12-20)33(17-19-9-13-21(29)14-10-19)25(36)18-34-24-8-6-5-7-23(24)31-32-34/h5-16,26,35H,4,17-18H2,1-3H3,(H,30,37)/t26-/m1/s1. The Kier molecular flexibility index (Phi) is 7.52. The van der Waals surface area contributed by atoms with Gasteiger partial charge in [0.25, 0.3) is 0 Å². The minimum Gasteiger partial charge on any atom is -0.508 e. The van der Waals surface area contributed by atoms with Crippen molar-refractivity contribution < 1.29 is 19.1 Å². The highest BCUT2D eigenvalue weighted by Gasteiger charge is 2.34. The molecule has 0 radical (unpaired) electrons. The Balaban J connectivity index is 1.76. The SMILES string of the molecule is CCC(C)(C)NC(=O)[C@@H](c1ccc(O)cc1)N(Cc1ccc(F)cc1)C(=O)Cn1nnc2ccccc21. The average Bonchev–Trinajstić information content (AvgIpc) is 3.28. The summed E-state index contributed by atoms with van der Waals surface area (Å²) < 4.78 is 15.1. The van der Waals surface area contributed by atoms with Crippen LogP contribution in [0, 0.1) is 5.82 Å². The van der Waals surface area contributed by atoms with Gasteiger partial charge in [0.2, 0.25) is 11.8 Å². The zero-order chi connectivity index (χ0) is 26.6. The summed E-state index contributed by atoms with van der Waals surface area (Å²) in [7, 11) is 0. The molecule has 0 spiro atoms. The summed E-state index contributed by atoms with van der Waals surface area (Å²) in [6.45, 7) is 5.68. The van der Waals surface area contributed by atoms with Gasteiger partial charge in [-0.15, -0.1) is 5.10 Å². The molecule has 1 aromatic heterocycles. The lowest BCUT2D eigenvalue weighted by Gasteiger charge is -2.34. The van der Waals surface area contributed by atoms with Crippen molar-refractivity contribution in [3.8, 4) is 5.75 Å². The summed E-state index contributed by atoms with van der Waals surface area (Å²) in [4.78, 5) is 29.1. The summed E-state index contributed by atoms with van der Waals surface area (Å²) in [5.74, 6) is -1.09. The Bertz CT molecular complexity index is 1380. The molecule has 3 aromatic carbocycles. The number of para-hydroxylation sites is 1. The Hall–Kier alpha value is -4.27. The van der Waals surface area contributed by atoms with Crippen LogP contribution in [0.5, 0.6) is 5.75 Å². The summed E-state index contributed by atoms with van der Waals surface area (Å²) in [5, 5.41) is 21.2. The molecule has 1 atom stereocenters. The maximum absolute atomic E-state index is 13.9. The first-order chi connectivity index (χ1) is 17.7. The molecule has 0 bridgehead atoms. The van der Waals surface area contributed by atoms with E-state index in [1.165, 1.54) is 33.8 Å². The van der Waals surface area contributed by atoms with Gasteiger partial charge in [-0.25, -0.2) is 9.07 Å². The highest BCUT2D eigenvalue weighted by atomic mass is 19.1. The van der Waals surface area contributed by atoms with Crippen LogP contribution < -0.4 is 5.32 Å². The number of phenolic OH excluding ortho intramolecular Hbond substituents is 1. The molecule has 0 saturated heterocycles.